The van der Waals surface area contributed by atoms with Gasteiger partial charge in [0.25, 0.3) is 5.91 Å². The summed E-state index contributed by atoms with van der Waals surface area (Å²) in [6.45, 7) is 0.535. The number of carbonyl (C=O) groups excluding carboxylic acids is 1. The second-order valence-electron chi connectivity index (χ2n) is 8.28. The number of hydrogen-bond acceptors (Lipinski definition) is 6. The van der Waals surface area contributed by atoms with E-state index >= 15 is 0 Å². The lowest BCUT2D eigenvalue weighted by atomic mass is 9.90. The Bertz CT molecular complexity index is 1200. The van der Waals surface area contributed by atoms with Crippen LogP contribution >= 0.6 is 22.7 Å². The van der Waals surface area contributed by atoms with Crippen molar-refractivity contribution in [2.45, 2.75) is 44.3 Å². The molecule has 3 heterocycles. The zero-order chi connectivity index (χ0) is 22.1. The van der Waals surface area contributed by atoms with Crippen LogP contribution in [0.5, 0.6) is 5.75 Å². The molecule has 0 atom stereocenters. The fourth-order valence-corrected chi connectivity index (χ4v) is 6.48. The van der Waals surface area contributed by atoms with Gasteiger partial charge in [0.15, 0.2) is 0 Å². The molecule has 1 aromatic carbocycles. The predicted molar refractivity (Wildman–Crippen MR) is 130 cm³/mol. The van der Waals surface area contributed by atoms with E-state index in [-0.39, 0.29) is 17.7 Å². The van der Waals surface area contributed by atoms with Crippen molar-refractivity contribution in [2.24, 2.45) is 0 Å². The van der Waals surface area contributed by atoms with Gasteiger partial charge in [-0.15, -0.1) is 22.7 Å². The molecule has 0 spiro atoms. The molecule has 0 saturated heterocycles. The lowest BCUT2D eigenvalue weighted by Gasteiger charge is -2.36. The van der Waals surface area contributed by atoms with Crippen molar-refractivity contribution in [1.82, 2.24) is 10.2 Å². The van der Waals surface area contributed by atoms with Gasteiger partial charge in [-0.1, -0.05) is 12.1 Å². The second-order valence-corrected chi connectivity index (χ2v) is 10.3. The highest BCUT2D eigenvalue weighted by molar-refractivity contribution is 7.21. The van der Waals surface area contributed by atoms with Crippen molar-refractivity contribution in [3.05, 3.63) is 63.9 Å². The van der Waals surface area contributed by atoms with Crippen LogP contribution in [0.3, 0.4) is 0 Å². The minimum atomic E-state index is -0.0791. The molecule has 7 heteroatoms. The molecule has 3 aromatic heterocycles. The summed E-state index contributed by atoms with van der Waals surface area (Å²) in [6, 6.07) is 14.2. The highest BCUT2D eigenvalue weighted by Gasteiger charge is 2.32. The molecule has 1 aliphatic carbocycles. The largest absolute Gasteiger partial charge is 0.506 e. The van der Waals surface area contributed by atoms with Gasteiger partial charge < -0.3 is 19.7 Å². The molecule has 2 N–H and O–H groups in total. The summed E-state index contributed by atoms with van der Waals surface area (Å²) in [5.41, 5.74) is 1.03. The van der Waals surface area contributed by atoms with Gasteiger partial charge in [0, 0.05) is 38.0 Å². The topological polar surface area (TPSA) is 65.7 Å². The van der Waals surface area contributed by atoms with Crippen LogP contribution in [0, 0.1) is 0 Å². The Kier molecular flexibility index (Phi) is 6.04. The van der Waals surface area contributed by atoms with Crippen LogP contribution in [0.4, 0.5) is 0 Å². The van der Waals surface area contributed by atoms with Crippen molar-refractivity contribution in [1.29, 1.82) is 0 Å². The zero-order valence-corrected chi connectivity index (χ0v) is 19.5. The minimum Gasteiger partial charge on any atom is -0.506 e. The summed E-state index contributed by atoms with van der Waals surface area (Å²) >= 11 is 3.02. The van der Waals surface area contributed by atoms with Crippen LogP contribution < -0.4 is 5.32 Å². The van der Waals surface area contributed by atoms with Crippen molar-refractivity contribution >= 4 is 38.7 Å². The monoisotopic (exact) mass is 466 g/mol. The molecule has 0 radical (unpaired) electrons. The summed E-state index contributed by atoms with van der Waals surface area (Å²) in [6.07, 6.45) is 5.68. The fourth-order valence-electron chi connectivity index (χ4n) is 4.55. The lowest BCUT2D eigenvalue weighted by molar-refractivity contribution is 0.0606. The predicted octanol–water partition coefficient (Wildman–Crippen LogP) is 6.10. The van der Waals surface area contributed by atoms with Crippen LogP contribution in [0.25, 0.3) is 21.4 Å². The third kappa shape index (κ3) is 4.08. The van der Waals surface area contributed by atoms with E-state index in [0.29, 0.717) is 17.5 Å². The maximum absolute atomic E-state index is 13.8. The first-order chi connectivity index (χ1) is 15.6. The molecule has 1 fully saturated rings. The van der Waals surface area contributed by atoms with Gasteiger partial charge >= 0.3 is 0 Å². The molecule has 0 aliphatic heterocycles. The number of amides is 1. The normalized spacial score (nSPS) is 18.8. The van der Waals surface area contributed by atoms with Crippen molar-refractivity contribution in [3.8, 4) is 17.1 Å². The van der Waals surface area contributed by atoms with Crippen LogP contribution in [0.1, 0.15) is 40.2 Å². The average molecular weight is 467 g/mol. The minimum absolute atomic E-state index is 0.0791. The Labute approximate surface area is 195 Å². The zero-order valence-electron chi connectivity index (χ0n) is 17.9. The van der Waals surface area contributed by atoms with Crippen LogP contribution in [-0.4, -0.2) is 35.0 Å². The summed E-state index contributed by atoms with van der Waals surface area (Å²) in [4.78, 5) is 17.3. The molecule has 5 rings (SSSR count). The molecular weight excluding hydrogens is 440 g/mol. The van der Waals surface area contributed by atoms with Gasteiger partial charge in [0.2, 0.25) is 0 Å². The molecule has 5 nitrogen and oxygen atoms in total. The van der Waals surface area contributed by atoms with Crippen LogP contribution in [0.15, 0.2) is 58.5 Å². The maximum Gasteiger partial charge on any atom is 0.268 e. The summed E-state index contributed by atoms with van der Waals surface area (Å²) in [5, 5.41) is 17.0. The summed E-state index contributed by atoms with van der Waals surface area (Å²) < 4.78 is 6.47. The lowest BCUT2D eigenvalue weighted by Crippen LogP contribution is -2.44. The molecule has 4 aromatic rings. The molecule has 32 heavy (non-hydrogen) atoms. The Morgan fingerprint density at radius 3 is 2.72 bits per heavy atom. The van der Waals surface area contributed by atoms with E-state index in [2.05, 4.69) is 16.8 Å². The molecule has 1 amide bonds. The first kappa shape index (κ1) is 21.2. The fraction of sp³-hybridized carbons (Fsp3) is 0.320. The maximum atomic E-state index is 13.8. The smallest absolute Gasteiger partial charge is 0.268 e. The van der Waals surface area contributed by atoms with E-state index in [1.54, 1.807) is 17.6 Å². The number of furan rings is 1. The standard InChI is InChI=1S/C25H26N2O3S2/c1-26-17-8-10-18(11-9-17)27(14-19-13-16(15-31-19)21-6-4-12-30-21)25(29)24-23(28)20-5-2-3-7-22(20)32-24/h2-7,12-13,15,17-18,26,28H,8-11,14H2,1H3. The van der Waals surface area contributed by atoms with Crippen molar-refractivity contribution in [2.75, 3.05) is 7.05 Å². The van der Waals surface area contributed by atoms with Crippen LogP contribution in [-0.2, 0) is 6.54 Å². The molecule has 1 saturated carbocycles. The van der Waals surface area contributed by atoms with E-state index in [9.17, 15) is 9.90 Å². The van der Waals surface area contributed by atoms with Gasteiger partial charge in [0.1, 0.15) is 16.4 Å². The number of nitrogens with zero attached hydrogens (tertiary/aromatic N) is 1. The van der Waals surface area contributed by atoms with Crippen molar-refractivity contribution in [3.63, 3.8) is 0 Å². The first-order valence-electron chi connectivity index (χ1n) is 10.9. The number of thiophene rings is 2. The van der Waals surface area contributed by atoms with Crippen molar-refractivity contribution < 1.29 is 14.3 Å². The quantitative estimate of drug-likeness (QED) is 0.360. The first-order valence-corrected chi connectivity index (χ1v) is 12.6. The van der Waals surface area contributed by atoms with Gasteiger partial charge in [-0.3, -0.25) is 4.79 Å². The molecule has 1 aliphatic rings. The summed E-state index contributed by atoms with van der Waals surface area (Å²) in [7, 11) is 2.00. The van der Waals surface area contributed by atoms with Gasteiger partial charge in [0.05, 0.1) is 12.8 Å². The number of aromatic hydroxyl groups is 1. The summed E-state index contributed by atoms with van der Waals surface area (Å²) in [5.74, 6) is 0.860. The molecule has 0 bridgehead atoms. The second kappa shape index (κ2) is 9.10. The highest BCUT2D eigenvalue weighted by Crippen LogP contribution is 2.39. The Balaban J connectivity index is 1.45. The molecular formula is C25H26N2O3S2. The molecule has 0 unspecified atom stereocenters. The van der Waals surface area contributed by atoms with E-state index in [4.69, 9.17) is 4.42 Å². The van der Waals surface area contributed by atoms with Gasteiger partial charge in [-0.2, -0.15) is 0 Å². The molecule has 166 valence electrons. The van der Waals surface area contributed by atoms with E-state index in [1.807, 2.05) is 48.3 Å². The SMILES string of the molecule is CNC1CCC(N(Cc2cc(-c3ccco3)cs2)C(=O)c2sc3ccccc3c2O)CC1. The van der Waals surface area contributed by atoms with E-state index in [1.165, 1.54) is 11.3 Å². The number of benzene rings is 1. The highest BCUT2D eigenvalue weighted by atomic mass is 32.1. The van der Waals surface area contributed by atoms with E-state index < -0.39 is 0 Å². The number of nitrogens with one attached hydrogen (secondary N) is 1. The Morgan fingerprint density at radius 2 is 2.00 bits per heavy atom. The number of hydrogen-bond donors (Lipinski definition) is 2. The average Bonchev–Trinajstić information content (AvgIpc) is 3.58. The third-order valence-corrected chi connectivity index (χ3v) is 8.43. The van der Waals surface area contributed by atoms with Gasteiger partial charge in [-0.25, -0.2) is 0 Å². The van der Waals surface area contributed by atoms with E-state index in [0.717, 1.165) is 52.0 Å². The van der Waals surface area contributed by atoms with Crippen LogP contribution in [0.2, 0.25) is 0 Å². The third-order valence-electron chi connectivity index (χ3n) is 6.36. The number of carbonyl (C=O) groups is 1. The van der Waals surface area contributed by atoms with Gasteiger partial charge in [-0.05, 0) is 63.1 Å². The Hall–Kier alpha value is -2.61. The number of fused-ring (bicyclic) bond motifs is 1. The number of rotatable bonds is 6. The Morgan fingerprint density at radius 1 is 1.19 bits per heavy atom.